The molecule has 0 aromatic rings. The molecule has 0 saturated carbocycles. The Morgan fingerprint density at radius 2 is 2.23 bits per heavy atom. The van der Waals surface area contributed by atoms with Crippen LogP contribution in [0.1, 0.15) is 13.3 Å². The van der Waals surface area contributed by atoms with Crippen molar-refractivity contribution < 1.29 is 23.4 Å². The van der Waals surface area contributed by atoms with Gasteiger partial charge < -0.3 is 9.84 Å². The van der Waals surface area contributed by atoms with Crippen molar-refractivity contribution in [2.45, 2.75) is 19.3 Å². The zero-order valence-corrected chi connectivity index (χ0v) is 7.30. The highest BCUT2D eigenvalue weighted by molar-refractivity contribution is 5.70. The minimum Gasteiger partial charge on any atom is -0.481 e. The summed E-state index contributed by atoms with van der Waals surface area (Å²) in [7, 11) is 0. The molecule has 0 spiro atoms. The normalized spacial score (nSPS) is 29.2. The monoisotopic (exact) mass is 194 g/mol. The average molecular weight is 194 g/mol. The van der Waals surface area contributed by atoms with Crippen LogP contribution in [0.25, 0.3) is 0 Å². The molecule has 76 valence electrons. The highest BCUT2D eigenvalue weighted by Gasteiger charge is 2.39. The van der Waals surface area contributed by atoms with E-state index < -0.39 is 30.1 Å². The van der Waals surface area contributed by atoms with Crippen LogP contribution < -0.4 is 0 Å². The molecule has 13 heavy (non-hydrogen) atoms. The Morgan fingerprint density at radius 3 is 2.69 bits per heavy atom. The van der Waals surface area contributed by atoms with Crippen LogP contribution in [0.5, 0.6) is 0 Å². The second kappa shape index (κ2) is 3.57. The van der Waals surface area contributed by atoms with Crippen molar-refractivity contribution in [3.05, 3.63) is 0 Å². The number of carbonyl (C=O) groups is 1. The van der Waals surface area contributed by atoms with Crippen molar-refractivity contribution >= 4 is 5.97 Å². The summed E-state index contributed by atoms with van der Waals surface area (Å²) in [5, 5.41) is 8.66. The van der Waals surface area contributed by atoms with Crippen LogP contribution >= 0.6 is 0 Å². The van der Waals surface area contributed by atoms with Gasteiger partial charge in [-0.05, 0) is 6.92 Å². The minimum absolute atomic E-state index is 0.0517. The van der Waals surface area contributed by atoms with Crippen molar-refractivity contribution in [3.8, 4) is 0 Å². The lowest BCUT2D eigenvalue weighted by molar-refractivity contribution is -0.143. The van der Waals surface area contributed by atoms with Gasteiger partial charge in [0.05, 0.1) is 19.1 Å². The first kappa shape index (κ1) is 10.4. The lowest BCUT2D eigenvalue weighted by atomic mass is 9.91. The zero-order chi connectivity index (χ0) is 10.1. The molecular formula is C8H12F2O3. The summed E-state index contributed by atoms with van der Waals surface area (Å²) in [6.07, 6.45) is -0.413. The van der Waals surface area contributed by atoms with Crippen LogP contribution in [-0.2, 0) is 9.53 Å². The first-order chi connectivity index (χ1) is 5.90. The molecule has 0 aromatic carbocycles. The van der Waals surface area contributed by atoms with Gasteiger partial charge in [-0.1, -0.05) is 0 Å². The molecule has 0 radical (unpaired) electrons. The van der Waals surface area contributed by atoms with Crippen LogP contribution in [0.4, 0.5) is 8.78 Å². The smallest absolute Gasteiger partial charge is 0.309 e. The van der Waals surface area contributed by atoms with E-state index in [-0.39, 0.29) is 13.2 Å². The summed E-state index contributed by atoms with van der Waals surface area (Å²) in [4.78, 5) is 10.6. The van der Waals surface area contributed by atoms with Gasteiger partial charge in [-0.3, -0.25) is 4.79 Å². The quantitative estimate of drug-likeness (QED) is 0.738. The maximum absolute atomic E-state index is 12.6. The summed E-state index contributed by atoms with van der Waals surface area (Å²) < 4.78 is 30.0. The molecule has 0 bridgehead atoms. The predicted molar refractivity (Wildman–Crippen MR) is 40.7 cm³/mol. The Bertz CT molecular complexity index is 200. The number of halogens is 2. The summed E-state index contributed by atoms with van der Waals surface area (Å²) >= 11 is 0. The van der Waals surface area contributed by atoms with Crippen molar-refractivity contribution in [3.63, 3.8) is 0 Å². The lowest BCUT2D eigenvalue weighted by Crippen LogP contribution is -2.27. The maximum Gasteiger partial charge on any atom is 0.309 e. The second-order valence-electron chi connectivity index (χ2n) is 3.52. The van der Waals surface area contributed by atoms with Gasteiger partial charge in [0.2, 0.25) is 5.92 Å². The molecule has 5 heteroatoms. The highest BCUT2D eigenvalue weighted by Crippen LogP contribution is 2.31. The third-order valence-corrected chi connectivity index (χ3v) is 2.14. The van der Waals surface area contributed by atoms with Gasteiger partial charge in [-0.25, -0.2) is 8.78 Å². The number of carboxylic acids is 1. The number of carboxylic acid groups (broad SMARTS) is 1. The SMILES string of the molecule is CC(F)(F)CC1COCC1C(=O)O. The van der Waals surface area contributed by atoms with Gasteiger partial charge in [0, 0.05) is 12.3 Å². The maximum atomic E-state index is 12.6. The van der Waals surface area contributed by atoms with E-state index in [1.165, 1.54) is 0 Å². The fourth-order valence-corrected chi connectivity index (χ4v) is 1.53. The van der Waals surface area contributed by atoms with Gasteiger partial charge in [0.25, 0.3) is 0 Å². The van der Waals surface area contributed by atoms with E-state index in [2.05, 4.69) is 0 Å². The Kier molecular flexibility index (Phi) is 2.85. The third kappa shape index (κ3) is 2.91. The summed E-state index contributed by atoms with van der Waals surface area (Å²) in [6.45, 7) is 0.973. The predicted octanol–water partition coefficient (Wildman–Crippen LogP) is 1.38. The van der Waals surface area contributed by atoms with E-state index in [4.69, 9.17) is 9.84 Å². The highest BCUT2D eigenvalue weighted by atomic mass is 19.3. The van der Waals surface area contributed by atoms with Crippen LogP contribution in [0, 0.1) is 11.8 Å². The van der Waals surface area contributed by atoms with E-state index in [0.717, 1.165) is 6.92 Å². The number of alkyl halides is 2. The standard InChI is InChI=1S/C8H12F2O3/c1-8(9,10)2-5-3-13-4-6(5)7(11)12/h5-6H,2-4H2,1H3,(H,11,12). The van der Waals surface area contributed by atoms with E-state index in [9.17, 15) is 13.6 Å². The third-order valence-electron chi connectivity index (χ3n) is 2.14. The Hall–Kier alpha value is -0.710. The summed E-state index contributed by atoms with van der Waals surface area (Å²) in [5.41, 5.74) is 0. The van der Waals surface area contributed by atoms with E-state index in [0.29, 0.717) is 0 Å². The largest absolute Gasteiger partial charge is 0.481 e. The van der Waals surface area contributed by atoms with Crippen LogP contribution in [0.2, 0.25) is 0 Å². The molecule has 1 rings (SSSR count). The molecule has 1 saturated heterocycles. The first-order valence-corrected chi connectivity index (χ1v) is 4.08. The van der Waals surface area contributed by atoms with Gasteiger partial charge in [0.15, 0.2) is 0 Å². The molecule has 0 aliphatic carbocycles. The summed E-state index contributed by atoms with van der Waals surface area (Å²) in [6, 6.07) is 0. The Labute approximate surface area is 74.7 Å². The van der Waals surface area contributed by atoms with E-state index in [1.54, 1.807) is 0 Å². The molecule has 0 aromatic heterocycles. The molecule has 1 aliphatic rings. The van der Waals surface area contributed by atoms with E-state index in [1.807, 2.05) is 0 Å². The van der Waals surface area contributed by atoms with E-state index >= 15 is 0 Å². The second-order valence-corrected chi connectivity index (χ2v) is 3.52. The molecule has 1 N–H and O–H groups in total. The van der Waals surface area contributed by atoms with Crippen molar-refractivity contribution in [2.75, 3.05) is 13.2 Å². The number of hydrogen-bond acceptors (Lipinski definition) is 2. The molecule has 2 atom stereocenters. The minimum atomic E-state index is -2.81. The average Bonchev–Trinajstić information content (AvgIpc) is 2.31. The first-order valence-electron chi connectivity index (χ1n) is 4.08. The number of rotatable bonds is 3. The number of hydrogen-bond donors (Lipinski definition) is 1. The van der Waals surface area contributed by atoms with Gasteiger partial charge in [0.1, 0.15) is 0 Å². The summed E-state index contributed by atoms with van der Waals surface area (Å²) in [5.74, 6) is -5.19. The fourth-order valence-electron chi connectivity index (χ4n) is 1.53. The van der Waals surface area contributed by atoms with Crippen molar-refractivity contribution in [2.24, 2.45) is 11.8 Å². The molecular weight excluding hydrogens is 182 g/mol. The van der Waals surface area contributed by atoms with Crippen LogP contribution in [0.15, 0.2) is 0 Å². The molecule has 0 amide bonds. The van der Waals surface area contributed by atoms with Gasteiger partial charge in [-0.15, -0.1) is 0 Å². The van der Waals surface area contributed by atoms with Gasteiger partial charge in [-0.2, -0.15) is 0 Å². The van der Waals surface area contributed by atoms with Crippen LogP contribution in [0.3, 0.4) is 0 Å². The molecule has 1 aliphatic heterocycles. The molecule has 3 nitrogen and oxygen atoms in total. The number of aliphatic carboxylic acids is 1. The number of ether oxygens (including phenoxy) is 1. The van der Waals surface area contributed by atoms with Crippen molar-refractivity contribution in [1.29, 1.82) is 0 Å². The topological polar surface area (TPSA) is 46.5 Å². The molecule has 2 unspecified atom stereocenters. The van der Waals surface area contributed by atoms with Gasteiger partial charge >= 0.3 is 5.97 Å². The molecule has 1 heterocycles. The Balaban J connectivity index is 2.54. The zero-order valence-electron chi connectivity index (χ0n) is 7.30. The van der Waals surface area contributed by atoms with Crippen molar-refractivity contribution in [1.82, 2.24) is 0 Å². The fraction of sp³-hybridized carbons (Fsp3) is 0.875. The lowest BCUT2D eigenvalue weighted by Gasteiger charge is -2.17. The van der Waals surface area contributed by atoms with Crippen LogP contribution in [-0.4, -0.2) is 30.2 Å². The molecule has 1 fully saturated rings. The Morgan fingerprint density at radius 1 is 1.62 bits per heavy atom.